The predicted molar refractivity (Wildman–Crippen MR) is 97.0 cm³/mol. The van der Waals surface area contributed by atoms with Crippen molar-refractivity contribution in [3.05, 3.63) is 24.2 Å². The maximum absolute atomic E-state index is 12.1. The van der Waals surface area contributed by atoms with E-state index in [1.807, 2.05) is 32.2 Å². The highest BCUT2D eigenvalue weighted by Crippen LogP contribution is 2.27. The van der Waals surface area contributed by atoms with Gasteiger partial charge in [0.15, 0.2) is 0 Å². The van der Waals surface area contributed by atoms with E-state index in [1.54, 1.807) is 18.0 Å². The summed E-state index contributed by atoms with van der Waals surface area (Å²) in [6, 6.07) is 3.98. The third kappa shape index (κ3) is 5.30. The lowest BCUT2D eigenvalue weighted by Gasteiger charge is -2.36. The summed E-state index contributed by atoms with van der Waals surface area (Å²) in [5.41, 5.74) is 0. The zero-order valence-corrected chi connectivity index (χ0v) is 15.5. The van der Waals surface area contributed by atoms with E-state index in [4.69, 9.17) is 4.42 Å². The first-order valence-electron chi connectivity index (χ1n) is 8.66. The van der Waals surface area contributed by atoms with Crippen LogP contribution in [0.2, 0.25) is 0 Å². The van der Waals surface area contributed by atoms with E-state index in [-0.39, 0.29) is 29.0 Å². The molecule has 1 aromatic rings. The number of thioether (sulfide) groups is 1. The molecule has 1 aromatic heterocycles. The Balaban J connectivity index is 1.61. The Morgan fingerprint density at radius 2 is 2.17 bits per heavy atom. The van der Waals surface area contributed by atoms with Crippen LogP contribution in [0.1, 0.15) is 51.2 Å². The molecule has 0 aromatic carbocycles. The zero-order valence-electron chi connectivity index (χ0n) is 14.7. The van der Waals surface area contributed by atoms with Crippen molar-refractivity contribution in [2.45, 2.75) is 56.7 Å². The quantitative estimate of drug-likeness (QED) is 0.717. The summed E-state index contributed by atoms with van der Waals surface area (Å²) in [6.07, 6.45) is 6.77. The first-order valence-corrected chi connectivity index (χ1v) is 9.95. The third-order valence-electron chi connectivity index (χ3n) is 4.63. The summed E-state index contributed by atoms with van der Waals surface area (Å²) in [5, 5.41) is 6.15. The van der Waals surface area contributed by atoms with E-state index in [0.29, 0.717) is 18.9 Å². The molecule has 6 heteroatoms. The van der Waals surface area contributed by atoms with Crippen molar-refractivity contribution >= 4 is 23.6 Å². The molecule has 0 spiro atoms. The molecule has 0 bridgehead atoms. The Morgan fingerprint density at radius 1 is 1.42 bits per heavy atom. The molecule has 2 unspecified atom stereocenters. The molecule has 1 saturated carbocycles. The van der Waals surface area contributed by atoms with E-state index in [2.05, 4.69) is 10.6 Å². The number of carbonyl (C=O) groups is 2. The summed E-state index contributed by atoms with van der Waals surface area (Å²) in [6.45, 7) is 4.73. The van der Waals surface area contributed by atoms with Crippen molar-refractivity contribution in [1.29, 1.82) is 0 Å². The SMILES string of the molecule is CCC(SC)C(=O)NCC1CC(NC(=O)CC(C)c2ccco2)C1. The van der Waals surface area contributed by atoms with Gasteiger partial charge in [0, 0.05) is 24.9 Å². The number of hydrogen-bond donors (Lipinski definition) is 2. The lowest BCUT2D eigenvalue weighted by atomic mass is 9.80. The fourth-order valence-electron chi connectivity index (χ4n) is 3.08. The van der Waals surface area contributed by atoms with Crippen LogP contribution >= 0.6 is 11.8 Å². The highest BCUT2D eigenvalue weighted by atomic mass is 32.2. The lowest BCUT2D eigenvalue weighted by molar-refractivity contribution is -0.124. The largest absolute Gasteiger partial charge is 0.469 e. The number of carbonyl (C=O) groups excluding carboxylic acids is 2. The summed E-state index contributed by atoms with van der Waals surface area (Å²) in [5.74, 6) is 1.61. The monoisotopic (exact) mass is 352 g/mol. The van der Waals surface area contributed by atoms with Gasteiger partial charge in [-0.05, 0) is 43.6 Å². The molecule has 5 nitrogen and oxygen atoms in total. The van der Waals surface area contributed by atoms with E-state index in [0.717, 1.165) is 25.0 Å². The first kappa shape index (κ1) is 18.9. The van der Waals surface area contributed by atoms with Crippen molar-refractivity contribution < 1.29 is 14.0 Å². The van der Waals surface area contributed by atoms with Gasteiger partial charge >= 0.3 is 0 Å². The maximum atomic E-state index is 12.1. The van der Waals surface area contributed by atoms with Crippen LogP contribution in [0.4, 0.5) is 0 Å². The number of amides is 2. The summed E-state index contributed by atoms with van der Waals surface area (Å²) in [7, 11) is 0. The standard InChI is InChI=1S/C18H28N2O3S/c1-4-16(24-3)18(22)19-11-13-9-14(10-13)20-17(21)8-12(2)15-6-5-7-23-15/h5-7,12-14,16H,4,8-11H2,1-3H3,(H,19,22)(H,20,21). The van der Waals surface area contributed by atoms with Crippen LogP contribution in [0.5, 0.6) is 0 Å². The molecule has 1 aliphatic rings. The van der Waals surface area contributed by atoms with E-state index < -0.39 is 0 Å². The van der Waals surface area contributed by atoms with Gasteiger partial charge in [-0.2, -0.15) is 11.8 Å². The molecule has 0 aliphatic heterocycles. The topological polar surface area (TPSA) is 71.3 Å². The van der Waals surface area contributed by atoms with Gasteiger partial charge in [-0.25, -0.2) is 0 Å². The third-order valence-corrected chi connectivity index (χ3v) is 5.75. The Labute approximate surface area is 148 Å². The van der Waals surface area contributed by atoms with Gasteiger partial charge in [0.1, 0.15) is 5.76 Å². The van der Waals surface area contributed by atoms with Gasteiger partial charge in [0.05, 0.1) is 11.5 Å². The Bertz CT molecular complexity index is 522. The smallest absolute Gasteiger partial charge is 0.233 e. The minimum Gasteiger partial charge on any atom is -0.469 e. The van der Waals surface area contributed by atoms with Crippen molar-refractivity contribution in [1.82, 2.24) is 10.6 Å². The van der Waals surface area contributed by atoms with Crippen molar-refractivity contribution in [3.63, 3.8) is 0 Å². The van der Waals surface area contributed by atoms with Crippen LogP contribution in [0.15, 0.2) is 22.8 Å². The molecule has 2 rings (SSSR count). The van der Waals surface area contributed by atoms with Crippen LogP contribution in [-0.4, -0.2) is 35.9 Å². The van der Waals surface area contributed by atoms with Gasteiger partial charge < -0.3 is 15.1 Å². The molecular formula is C18H28N2O3S. The highest BCUT2D eigenvalue weighted by molar-refractivity contribution is 7.99. The van der Waals surface area contributed by atoms with Crippen LogP contribution in [0.25, 0.3) is 0 Å². The van der Waals surface area contributed by atoms with Gasteiger partial charge in [-0.3, -0.25) is 9.59 Å². The predicted octanol–water partition coefficient (Wildman–Crippen LogP) is 2.93. The molecule has 0 saturated heterocycles. The van der Waals surface area contributed by atoms with Crippen LogP contribution in [0, 0.1) is 5.92 Å². The fraction of sp³-hybridized carbons (Fsp3) is 0.667. The van der Waals surface area contributed by atoms with Crippen LogP contribution in [-0.2, 0) is 9.59 Å². The van der Waals surface area contributed by atoms with E-state index in [1.165, 1.54) is 0 Å². The van der Waals surface area contributed by atoms with Gasteiger partial charge in [0.25, 0.3) is 0 Å². The minimum atomic E-state index is 0.0451. The van der Waals surface area contributed by atoms with E-state index >= 15 is 0 Å². The van der Waals surface area contributed by atoms with Crippen molar-refractivity contribution in [2.75, 3.05) is 12.8 Å². The summed E-state index contributed by atoms with van der Waals surface area (Å²) in [4.78, 5) is 24.0. The Kier molecular flexibility index (Phi) is 7.21. The fourth-order valence-corrected chi connectivity index (χ4v) is 3.71. The average Bonchev–Trinajstić information content (AvgIpc) is 3.05. The minimum absolute atomic E-state index is 0.0451. The molecule has 24 heavy (non-hydrogen) atoms. The molecule has 0 radical (unpaired) electrons. The van der Waals surface area contributed by atoms with Gasteiger partial charge in [0.2, 0.25) is 11.8 Å². The maximum Gasteiger partial charge on any atom is 0.233 e. The van der Waals surface area contributed by atoms with E-state index in [9.17, 15) is 9.59 Å². The number of nitrogens with one attached hydrogen (secondary N) is 2. The molecule has 134 valence electrons. The van der Waals surface area contributed by atoms with Crippen molar-refractivity contribution in [3.8, 4) is 0 Å². The Morgan fingerprint density at radius 3 is 2.75 bits per heavy atom. The Hall–Kier alpha value is -1.43. The molecule has 1 heterocycles. The zero-order chi connectivity index (χ0) is 17.5. The molecule has 1 fully saturated rings. The second-order valence-corrected chi connectivity index (χ2v) is 7.64. The van der Waals surface area contributed by atoms with Crippen molar-refractivity contribution in [2.24, 2.45) is 5.92 Å². The average molecular weight is 353 g/mol. The molecule has 2 amide bonds. The molecule has 2 N–H and O–H groups in total. The molecule has 2 atom stereocenters. The molecule has 1 aliphatic carbocycles. The summed E-state index contributed by atoms with van der Waals surface area (Å²) < 4.78 is 5.33. The van der Waals surface area contributed by atoms with Gasteiger partial charge in [-0.1, -0.05) is 13.8 Å². The molecular weight excluding hydrogens is 324 g/mol. The second kappa shape index (κ2) is 9.16. The van der Waals surface area contributed by atoms with Gasteiger partial charge in [-0.15, -0.1) is 0 Å². The lowest BCUT2D eigenvalue weighted by Crippen LogP contribution is -2.48. The van der Waals surface area contributed by atoms with Crippen LogP contribution < -0.4 is 10.6 Å². The number of hydrogen-bond acceptors (Lipinski definition) is 4. The van der Waals surface area contributed by atoms with Crippen LogP contribution in [0.3, 0.4) is 0 Å². The summed E-state index contributed by atoms with van der Waals surface area (Å²) >= 11 is 1.59. The first-order chi connectivity index (χ1) is 11.5. The second-order valence-electron chi connectivity index (χ2n) is 6.60. The number of furan rings is 1. The normalized spacial score (nSPS) is 22.3. The number of rotatable bonds is 9. The highest BCUT2D eigenvalue weighted by Gasteiger charge is 2.31.